The van der Waals surface area contributed by atoms with Crippen molar-refractivity contribution in [2.24, 2.45) is 14.1 Å². The van der Waals surface area contributed by atoms with Gasteiger partial charge < -0.3 is 9.09 Å². The number of aryl methyl sites for hydroxylation is 2. The highest BCUT2D eigenvalue weighted by Gasteiger charge is 2.16. The summed E-state index contributed by atoms with van der Waals surface area (Å²) < 4.78 is 9.11. The second kappa shape index (κ2) is 5.99. The van der Waals surface area contributed by atoms with E-state index in [1.165, 1.54) is 17.9 Å². The van der Waals surface area contributed by atoms with E-state index in [1.54, 1.807) is 11.6 Å². The van der Waals surface area contributed by atoms with Gasteiger partial charge in [-0.05, 0) is 6.42 Å². The molecule has 9 nitrogen and oxygen atoms in total. The molecule has 0 spiro atoms. The smallest absolute Gasteiger partial charge is 0.332 e. The van der Waals surface area contributed by atoms with Gasteiger partial charge in [-0.15, -0.1) is 11.6 Å². The predicted octanol–water partition coefficient (Wildman–Crippen LogP) is 0.0364. The molecule has 0 unspecified atom stereocenters. The SMILES string of the molecule is Cn1c(=O)c2c(ncn2Cc2noc(CCCCl)n2)n(C)c1=O. The number of fused-ring (bicyclic) bond motifs is 1. The molecule has 0 aromatic carbocycles. The van der Waals surface area contributed by atoms with Crippen LogP contribution in [0, 0.1) is 0 Å². The van der Waals surface area contributed by atoms with Crippen LogP contribution in [0.15, 0.2) is 20.4 Å². The van der Waals surface area contributed by atoms with Gasteiger partial charge in [0.15, 0.2) is 17.0 Å². The monoisotopic (exact) mass is 338 g/mol. The van der Waals surface area contributed by atoms with Crippen LogP contribution in [0.25, 0.3) is 11.2 Å². The Kier molecular flexibility index (Phi) is 4.03. The van der Waals surface area contributed by atoms with Crippen LogP contribution in [0.2, 0.25) is 0 Å². The van der Waals surface area contributed by atoms with Gasteiger partial charge in [-0.25, -0.2) is 9.78 Å². The van der Waals surface area contributed by atoms with Gasteiger partial charge in [-0.3, -0.25) is 13.9 Å². The molecule has 3 aromatic heterocycles. The Bertz CT molecular complexity index is 966. The summed E-state index contributed by atoms with van der Waals surface area (Å²) >= 11 is 5.63. The highest BCUT2D eigenvalue weighted by atomic mass is 35.5. The molecule has 122 valence electrons. The van der Waals surface area contributed by atoms with Crippen molar-refractivity contribution < 1.29 is 4.52 Å². The van der Waals surface area contributed by atoms with Crippen molar-refractivity contribution in [3.8, 4) is 0 Å². The van der Waals surface area contributed by atoms with Crippen LogP contribution in [-0.4, -0.2) is 34.7 Å². The van der Waals surface area contributed by atoms with E-state index in [-0.39, 0.29) is 6.54 Å². The summed E-state index contributed by atoms with van der Waals surface area (Å²) in [6, 6.07) is 0. The van der Waals surface area contributed by atoms with Crippen LogP contribution >= 0.6 is 11.6 Å². The second-order valence-electron chi connectivity index (χ2n) is 5.15. The number of rotatable bonds is 5. The third kappa shape index (κ3) is 2.67. The lowest BCUT2D eigenvalue weighted by Crippen LogP contribution is -2.37. The summed E-state index contributed by atoms with van der Waals surface area (Å²) in [7, 11) is 3.00. The molecule has 0 fully saturated rings. The van der Waals surface area contributed by atoms with Crippen molar-refractivity contribution in [3.05, 3.63) is 38.9 Å². The summed E-state index contributed by atoms with van der Waals surface area (Å²) in [6.07, 6.45) is 2.84. The summed E-state index contributed by atoms with van der Waals surface area (Å²) in [4.78, 5) is 32.6. The van der Waals surface area contributed by atoms with Crippen LogP contribution in [0.1, 0.15) is 18.1 Å². The fourth-order valence-corrected chi connectivity index (χ4v) is 2.48. The Morgan fingerprint density at radius 1 is 1.26 bits per heavy atom. The van der Waals surface area contributed by atoms with Gasteiger partial charge in [0.2, 0.25) is 5.89 Å². The number of aromatic nitrogens is 6. The zero-order valence-corrected chi connectivity index (χ0v) is 13.4. The third-order valence-electron chi connectivity index (χ3n) is 3.56. The number of alkyl halides is 1. The van der Waals surface area contributed by atoms with Gasteiger partial charge >= 0.3 is 5.69 Å². The maximum atomic E-state index is 12.3. The molecule has 0 saturated heterocycles. The summed E-state index contributed by atoms with van der Waals surface area (Å²) in [5, 5.41) is 3.89. The molecule has 0 atom stereocenters. The first-order chi connectivity index (χ1) is 11.0. The molecule has 0 amide bonds. The number of imidazole rings is 1. The van der Waals surface area contributed by atoms with E-state index in [9.17, 15) is 9.59 Å². The van der Waals surface area contributed by atoms with Gasteiger partial charge in [0.1, 0.15) is 0 Å². The van der Waals surface area contributed by atoms with Crippen LogP contribution < -0.4 is 11.2 Å². The highest BCUT2D eigenvalue weighted by molar-refractivity contribution is 6.17. The van der Waals surface area contributed by atoms with Gasteiger partial charge in [0.05, 0.1) is 12.9 Å². The maximum absolute atomic E-state index is 12.3. The predicted molar refractivity (Wildman–Crippen MR) is 82.7 cm³/mol. The molecule has 0 bridgehead atoms. The molecule has 3 heterocycles. The van der Waals surface area contributed by atoms with Crippen molar-refractivity contribution in [3.63, 3.8) is 0 Å². The van der Waals surface area contributed by atoms with Crippen LogP contribution in [0.4, 0.5) is 0 Å². The lowest BCUT2D eigenvalue weighted by molar-refractivity contribution is 0.371. The molecular weight excluding hydrogens is 324 g/mol. The van der Waals surface area contributed by atoms with Crippen LogP contribution in [0.5, 0.6) is 0 Å². The number of hydrogen-bond acceptors (Lipinski definition) is 6. The fraction of sp³-hybridized carbons (Fsp3) is 0.462. The molecule has 0 saturated carbocycles. The van der Waals surface area contributed by atoms with E-state index in [4.69, 9.17) is 16.1 Å². The minimum Gasteiger partial charge on any atom is -0.339 e. The van der Waals surface area contributed by atoms with E-state index >= 15 is 0 Å². The molecule has 0 N–H and O–H groups in total. The first kappa shape index (κ1) is 15.5. The lowest BCUT2D eigenvalue weighted by atomic mass is 10.3. The van der Waals surface area contributed by atoms with Crippen molar-refractivity contribution >= 4 is 22.8 Å². The van der Waals surface area contributed by atoms with Gasteiger partial charge in [0.25, 0.3) is 5.56 Å². The lowest BCUT2D eigenvalue weighted by Gasteiger charge is -2.04. The average Bonchev–Trinajstić information content (AvgIpc) is 3.16. The second-order valence-corrected chi connectivity index (χ2v) is 5.53. The summed E-state index contributed by atoms with van der Waals surface area (Å²) in [6.45, 7) is 0.230. The molecule has 0 aliphatic heterocycles. The first-order valence-electron chi connectivity index (χ1n) is 7.01. The molecule has 3 rings (SSSR count). The van der Waals surface area contributed by atoms with Gasteiger partial charge in [-0.2, -0.15) is 4.98 Å². The third-order valence-corrected chi connectivity index (χ3v) is 3.83. The Morgan fingerprint density at radius 3 is 2.78 bits per heavy atom. The maximum Gasteiger partial charge on any atom is 0.332 e. The quantitative estimate of drug-likeness (QED) is 0.609. The number of hydrogen-bond donors (Lipinski definition) is 0. The molecular formula is C13H15ClN6O3. The largest absolute Gasteiger partial charge is 0.339 e. The van der Waals surface area contributed by atoms with Crippen molar-refractivity contribution in [1.29, 1.82) is 0 Å². The van der Waals surface area contributed by atoms with Crippen LogP contribution in [-0.2, 0) is 27.1 Å². The topological polar surface area (TPSA) is 101 Å². The Morgan fingerprint density at radius 2 is 2.04 bits per heavy atom. The van der Waals surface area contributed by atoms with E-state index in [1.807, 2.05) is 0 Å². The zero-order valence-electron chi connectivity index (χ0n) is 12.7. The van der Waals surface area contributed by atoms with E-state index in [0.29, 0.717) is 35.2 Å². The number of halogens is 1. The van der Waals surface area contributed by atoms with E-state index < -0.39 is 11.2 Å². The Hall–Kier alpha value is -2.42. The van der Waals surface area contributed by atoms with Crippen LogP contribution in [0.3, 0.4) is 0 Å². The minimum absolute atomic E-state index is 0.230. The summed E-state index contributed by atoms with van der Waals surface area (Å²) in [5.74, 6) is 1.46. The Balaban J connectivity index is 2.00. The highest BCUT2D eigenvalue weighted by Crippen LogP contribution is 2.09. The zero-order chi connectivity index (χ0) is 16.6. The first-order valence-corrected chi connectivity index (χ1v) is 7.54. The average molecular weight is 339 g/mol. The van der Waals surface area contributed by atoms with Crippen molar-refractivity contribution in [2.45, 2.75) is 19.4 Å². The number of nitrogens with zero attached hydrogens (tertiary/aromatic N) is 6. The van der Waals surface area contributed by atoms with Gasteiger partial charge in [0, 0.05) is 26.4 Å². The normalized spacial score (nSPS) is 11.4. The molecule has 0 aliphatic rings. The fourth-order valence-electron chi connectivity index (χ4n) is 2.34. The molecule has 3 aromatic rings. The van der Waals surface area contributed by atoms with Gasteiger partial charge in [-0.1, -0.05) is 5.16 Å². The van der Waals surface area contributed by atoms with Crippen molar-refractivity contribution in [2.75, 3.05) is 5.88 Å². The van der Waals surface area contributed by atoms with E-state index in [2.05, 4.69) is 15.1 Å². The molecule has 10 heteroatoms. The Labute approximate surface area is 135 Å². The summed E-state index contributed by atoms with van der Waals surface area (Å²) in [5.41, 5.74) is -0.187. The molecule has 0 aliphatic carbocycles. The van der Waals surface area contributed by atoms with E-state index in [0.717, 1.165) is 11.0 Å². The molecule has 23 heavy (non-hydrogen) atoms. The standard InChI is InChI=1S/C13H15ClN6O3/c1-18-11-10(12(21)19(2)13(18)22)20(7-15-11)6-8-16-9(23-17-8)4-3-5-14/h7H,3-6H2,1-2H3. The van der Waals surface area contributed by atoms with Crippen molar-refractivity contribution in [1.82, 2.24) is 28.8 Å². The minimum atomic E-state index is -0.421. The molecule has 0 radical (unpaired) electrons.